The van der Waals surface area contributed by atoms with Crippen molar-refractivity contribution in [2.75, 3.05) is 7.11 Å². The molecule has 0 N–H and O–H groups in total. The van der Waals surface area contributed by atoms with Gasteiger partial charge in [0.2, 0.25) is 0 Å². The van der Waals surface area contributed by atoms with E-state index in [1.54, 1.807) is 11.9 Å². The van der Waals surface area contributed by atoms with Gasteiger partial charge in [-0.25, -0.2) is 0 Å². The number of nitrogens with zero attached hydrogens (tertiary/aromatic N) is 4. The first kappa shape index (κ1) is 15.4. The predicted octanol–water partition coefficient (Wildman–Crippen LogP) is 2.96. The summed E-state index contributed by atoms with van der Waals surface area (Å²) >= 11 is 0. The molecule has 0 radical (unpaired) electrons. The van der Waals surface area contributed by atoms with Crippen LogP contribution in [0.25, 0.3) is 0 Å². The van der Waals surface area contributed by atoms with Crippen LogP contribution in [0.1, 0.15) is 28.6 Å². The minimum absolute atomic E-state index is 0.0864. The molecule has 2 aromatic carbocycles. The lowest BCUT2D eigenvalue weighted by Crippen LogP contribution is -2.13. The van der Waals surface area contributed by atoms with Crippen molar-refractivity contribution >= 4 is 0 Å². The molecule has 1 unspecified atom stereocenters. The lowest BCUT2D eigenvalue weighted by molar-refractivity contribution is 0.0800. The van der Waals surface area contributed by atoms with Gasteiger partial charge >= 0.3 is 0 Å². The summed E-state index contributed by atoms with van der Waals surface area (Å²) in [5.41, 5.74) is 3.56. The molecule has 1 heterocycles. The maximum atomic E-state index is 5.56. The summed E-state index contributed by atoms with van der Waals surface area (Å²) in [4.78, 5) is 1.61. The Morgan fingerprint density at radius 2 is 1.78 bits per heavy atom. The van der Waals surface area contributed by atoms with E-state index in [1.165, 1.54) is 11.1 Å². The molecule has 0 saturated carbocycles. The number of tetrazole rings is 1. The topological polar surface area (TPSA) is 52.8 Å². The van der Waals surface area contributed by atoms with Crippen LogP contribution in [0.15, 0.2) is 54.6 Å². The van der Waals surface area contributed by atoms with Crippen molar-refractivity contribution in [3.05, 3.63) is 77.1 Å². The third-order valence-corrected chi connectivity index (χ3v) is 3.89. The summed E-state index contributed by atoms with van der Waals surface area (Å²) in [6.45, 7) is 2.64. The van der Waals surface area contributed by atoms with E-state index >= 15 is 0 Å². The van der Waals surface area contributed by atoms with Crippen molar-refractivity contribution < 1.29 is 4.74 Å². The molecule has 0 amide bonds. The highest BCUT2D eigenvalue weighted by Gasteiger charge is 2.13. The van der Waals surface area contributed by atoms with E-state index in [-0.39, 0.29) is 6.10 Å². The second kappa shape index (κ2) is 7.15. The molecule has 0 fully saturated rings. The molecule has 3 rings (SSSR count). The highest BCUT2D eigenvalue weighted by molar-refractivity contribution is 5.27. The first-order valence-corrected chi connectivity index (χ1v) is 7.65. The molecule has 0 aliphatic carbocycles. The van der Waals surface area contributed by atoms with E-state index in [9.17, 15) is 0 Å². The number of aromatic nitrogens is 4. The standard InChI is InChI=1S/C18H20N4O/c1-14-8-6-7-11-16(14)12-18-19-21-22(20-18)13-17(23-2)15-9-4-3-5-10-15/h3-11,17H,12-13H2,1-2H3. The van der Waals surface area contributed by atoms with E-state index in [2.05, 4.69) is 34.5 Å². The van der Waals surface area contributed by atoms with Gasteiger partial charge in [-0.2, -0.15) is 4.80 Å². The fourth-order valence-corrected chi connectivity index (χ4v) is 2.54. The van der Waals surface area contributed by atoms with Crippen LogP contribution >= 0.6 is 0 Å². The van der Waals surface area contributed by atoms with Gasteiger partial charge in [0.05, 0.1) is 6.54 Å². The molecule has 5 nitrogen and oxygen atoms in total. The second-order valence-electron chi connectivity index (χ2n) is 5.50. The van der Waals surface area contributed by atoms with Crippen LogP contribution in [-0.2, 0) is 17.7 Å². The summed E-state index contributed by atoms with van der Waals surface area (Å²) in [6, 6.07) is 18.3. The smallest absolute Gasteiger partial charge is 0.179 e. The van der Waals surface area contributed by atoms with Gasteiger partial charge in [0.15, 0.2) is 5.82 Å². The molecule has 0 spiro atoms. The highest BCUT2D eigenvalue weighted by Crippen LogP contribution is 2.17. The molecule has 3 aromatic rings. The summed E-state index contributed by atoms with van der Waals surface area (Å²) < 4.78 is 5.56. The number of aryl methyl sites for hydroxylation is 1. The molecular weight excluding hydrogens is 288 g/mol. The van der Waals surface area contributed by atoms with Gasteiger partial charge in [-0.15, -0.1) is 10.2 Å². The molecular formula is C18H20N4O. The third-order valence-electron chi connectivity index (χ3n) is 3.89. The molecule has 118 valence electrons. The normalized spacial score (nSPS) is 12.3. The summed E-state index contributed by atoms with van der Waals surface area (Å²) in [5, 5.41) is 12.8. The van der Waals surface area contributed by atoms with Crippen LogP contribution in [0.3, 0.4) is 0 Å². The number of rotatable bonds is 6. The van der Waals surface area contributed by atoms with Crippen LogP contribution in [0, 0.1) is 6.92 Å². The SMILES string of the molecule is COC(Cn1nnc(Cc2ccccc2C)n1)c1ccccc1. The van der Waals surface area contributed by atoms with E-state index in [0.717, 1.165) is 11.4 Å². The number of hydrogen-bond acceptors (Lipinski definition) is 4. The Bertz CT molecular complexity index is 754. The molecule has 23 heavy (non-hydrogen) atoms. The fourth-order valence-electron chi connectivity index (χ4n) is 2.54. The van der Waals surface area contributed by atoms with Gasteiger partial charge in [-0.05, 0) is 28.8 Å². The lowest BCUT2D eigenvalue weighted by Gasteiger charge is -2.14. The van der Waals surface area contributed by atoms with Gasteiger partial charge < -0.3 is 4.74 Å². The second-order valence-corrected chi connectivity index (χ2v) is 5.50. The quantitative estimate of drug-likeness (QED) is 0.702. The Hall–Kier alpha value is -2.53. The van der Waals surface area contributed by atoms with Crippen LogP contribution in [0.5, 0.6) is 0 Å². The molecule has 1 aromatic heterocycles. The predicted molar refractivity (Wildman–Crippen MR) is 88.0 cm³/mol. The molecule has 5 heteroatoms. The number of benzene rings is 2. The number of ether oxygens (including phenoxy) is 1. The van der Waals surface area contributed by atoms with Crippen molar-refractivity contribution in [3.8, 4) is 0 Å². The monoisotopic (exact) mass is 308 g/mol. The van der Waals surface area contributed by atoms with Crippen molar-refractivity contribution in [1.82, 2.24) is 20.2 Å². The Morgan fingerprint density at radius 1 is 1.04 bits per heavy atom. The lowest BCUT2D eigenvalue weighted by atomic mass is 10.1. The first-order valence-electron chi connectivity index (χ1n) is 7.65. The largest absolute Gasteiger partial charge is 0.375 e. The maximum Gasteiger partial charge on any atom is 0.179 e. The van der Waals surface area contributed by atoms with Crippen molar-refractivity contribution in [1.29, 1.82) is 0 Å². The van der Waals surface area contributed by atoms with Crippen molar-refractivity contribution in [2.24, 2.45) is 0 Å². The Kier molecular flexibility index (Phi) is 4.78. The molecule has 0 aliphatic rings. The van der Waals surface area contributed by atoms with Gasteiger partial charge in [-0.3, -0.25) is 0 Å². The number of methoxy groups -OCH3 is 1. The van der Waals surface area contributed by atoms with E-state index < -0.39 is 0 Å². The van der Waals surface area contributed by atoms with Crippen LogP contribution in [0.4, 0.5) is 0 Å². The summed E-state index contributed by atoms with van der Waals surface area (Å²) in [5.74, 6) is 0.724. The van der Waals surface area contributed by atoms with Crippen LogP contribution in [-0.4, -0.2) is 27.3 Å². The fraction of sp³-hybridized carbons (Fsp3) is 0.278. The zero-order valence-electron chi connectivity index (χ0n) is 13.4. The summed E-state index contributed by atoms with van der Waals surface area (Å²) in [7, 11) is 1.70. The molecule has 0 bridgehead atoms. The van der Waals surface area contributed by atoms with Gasteiger partial charge in [0, 0.05) is 13.5 Å². The molecule has 0 saturated heterocycles. The minimum Gasteiger partial charge on any atom is -0.375 e. The highest BCUT2D eigenvalue weighted by atomic mass is 16.5. The Labute approximate surface area is 135 Å². The number of hydrogen-bond donors (Lipinski definition) is 0. The van der Waals surface area contributed by atoms with Crippen molar-refractivity contribution in [3.63, 3.8) is 0 Å². The summed E-state index contributed by atoms with van der Waals surface area (Å²) in [6.07, 6.45) is 0.604. The third kappa shape index (κ3) is 3.81. The minimum atomic E-state index is -0.0864. The zero-order chi connectivity index (χ0) is 16.1. The van der Waals surface area contributed by atoms with Crippen LogP contribution < -0.4 is 0 Å². The van der Waals surface area contributed by atoms with E-state index in [4.69, 9.17) is 4.74 Å². The Balaban J connectivity index is 1.71. The van der Waals surface area contributed by atoms with Crippen molar-refractivity contribution in [2.45, 2.75) is 26.0 Å². The van der Waals surface area contributed by atoms with E-state index in [1.807, 2.05) is 42.5 Å². The molecule has 1 atom stereocenters. The first-order chi connectivity index (χ1) is 11.3. The average molecular weight is 308 g/mol. The van der Waals surface area contributed by atoms with E-state index in [0.29, 0.717) is 13.0 Å². The van der Waals surface area contributed by atoms with Crippen LogP contribution in [0.2, 0.25) is 0 Å². The maximum absolute atomic E-state index is 5.56. The van der Waals surface area contributed by atoms with Gasteiger partial charge in [0.1, 0.15) is 6.10 Å². The molecule has 0 aliphatic heterocycles. The van der Waals surface area contributed by atoms with Gasteiger partial charge in [0.25, 0.3) is 0 Å². The zero-order valence-corrected chi connectivity index (χ0v) is 13.4. The van der Waals surface area contributed by atoms with Gasteiger partial charge in [-0.1, -0.05) is 54.6 Å². The average Bonchev–Trinajstić information content (AvgIpc) is 3.03. The Morgan fingerprint density at radius 3 is 2.52 bits per heavy atom.